The zero-order valence-electron chi connectivity index (χ0n) is 22.0. The molecular weight excluding hydrogens is 472 g/mol. The van der Waals surface area contributed by atoms with Gasteiger partial charge in [-0.25, -0.2) is 0 Å². The molecule has 0 fully saturated rings. The summed E-state index contributed by atoms with van der Waals surface area (Å²) in [5.74, 6) is 0.902. The van der Waals surface area contributed by atoms with E-state index in [1.807, 2.05) is 13.8 Å². The highest BCUT2D eigenvalue weighted by Gasteiger charge is 2.26. The second kappa shape index (κ2) is 24.2. The van der Waals surface area contributed by atoms with E-state index < -0.39 is 0 Å². The molecule has 0 heterocycles. The first-order valence-corrected chi connectivity index (χ1v) is 15.1. The lowest BCUT2D eigenvalue weighted by Crippen LogP contribution is -2.42. The van der Waals surface area contributed by atoms with Crippen LogP contribution >= 0.6 is 21.6 Å². The Labute approximate surface area is 222 Å². The number of amides is 1. The number of hydrogen-bond acceptors (Lipinski definition) is 5. The molecular formula is C29H48N2O2S2. The van der Waals surface area contributed by atoms with Gasteiger partial charge in [0.2, 0.25) is 5.91 Å². The Morgan fingerprint density at radius 2 is 1.31 bits per heavy atom. The summed E-state index contributed by atoms with van der Waals surface area (Å²) in [6.45, 7) is 6.82. The van der Waals surface area contributed by atoms with Gasteiger partial charge in [-0.1, -0.05) is 101 Å². The molecule has 1 amide bonds. The molecule has 0 aliphatic rings. The minimum absolute atomic E-state index is 0.0219. The quantitative estimate of drug-likeness (QED) is 0.0858. The van der Waals surface area contributed by atoms with Gasteiger partial charge in [0.15, 0.2) is 0 Å². The first kappa shape index (κ1) is 33.5. The summed E-state index contributed by atoms with van der Waals surface area (Å²) in [6, 6.07) is -0.254. The topological polar surface area (TPSA) is 75.4 Å². The van der Waals surface area contributed by atoms with Gasteiger partial charge in [-0.3, -0.25) is 4.79 Å². The molecule has 1 atom stereocenters. The van der Waals surface area contributed by atoms with Crippen molar-refractivity contribution in [2.24, 2.45) is 5.73 Å². The van der Waals surface area contributed by atoms with Gasteiger partial charge in [-0.2, -0.15) is 0 Å². The highest BCUT2D eigenvalue weighted by molar-refractivity contribution is 8.77. The first-order valence-electron chi connectivity index (χ1n) is 12.8. The number of aliphatic hydroxyl groups excluding tert-OH is 1. The van der Waals surface area contributed by atoms with Crippen molar-refractivity contribution in [2.75, 3.05) is 18.9 Å². The lowest BCUT2D eigenvalue weighted by Gasteiger charge is -2.28. The fraction of sp³-hybridized carbons (Fsp3) is 0.552. The van der Waals surface area contributed by atoms with E-state index in [-0.39, 0.29) is 23.3 Å². The summed E-state index contributed by atoms with van der Waals surface area (Å²) in [4.78, 5) is 11.9. The van der Waals surface area contributed by atoms with Gasteiger partial charge in [0, 0.05) is 29.5 Å². The molecule has 4 N–H and O–H groups in total. The van der Waals surface area contributed by atoms with Crippen LogP contribution in [0.15, 0.2) is 72.9 Å². The second-order valence-electron chi connectivity index (χ2n) is 8.60. The molecule has 0 bridgehead atoms. The SMILES string of the molecule is CCC=CCC=CCC=CCC=CCC=CCC=CCCC(=O)NCCSSC(C)(C)[C@H](N)CO. The maximum atomic E-state index is 11.9. The fourth-order valence-corrected chi connectivity index (χ4v) is 5.20. The largest absolute Gasteiger partial charge is 0.395 e. The molecule has 0 aromatic rings. The predicted molar refractivity (Wildman–Crippen MR) is 160 cm³/mol. The van der Waals surface area contributed by atoms with Crippen molar-refractivity contribution < 1.29 is 9.90 Å². The summed E-state index contributed by atoms with van der Waals surface area (Å²) in [5.41, 5.74) is 5.90. The van der Waals surface area contributed by atoms with Crippen LogP contribution < -0.4 is 11.1 Å². The molecule has 0 unspecified atom stereocenters. The van der Waals surface area contributed by atoms with Crippen molar-refractivity contribution >= 4 is 27.5 Å². The normalized spacial score (nSPS) is 14.1. The summed E-state index contributed by atoms with van der Waals surface area (Å²) >= 11 is 0. The Bertz CT molecular complexity index is 695. The number of carbonyl (C=O) groups excluding carboxylic acids is 1. The van der Waals surface area contributed by atoms with E-state index in [2.05, 4.69) is 85.2 Å². The highest BCUT2D eigenvalue weighted by Crippen LogP contribution is 2.36. The van der Waals surface area contributed by atoms with Crippen molar-refractivity contribution in [1.82, 2.24) is 5.32 Å². The summed E-state index contributed by atoms with van der Waals surface area (Å²) in [6.07, 6.45) is 33.4. The van der Waals surface area contributed by atoms with E-state index in [1.54, 1.807) is 21.6 Å². The number of nitrogens with one attached hydrogen (secondary N) is 1. The zero-order valence-corrected chi connectivity index (χ0v) is 23.7. The number of carbonyl (C=O) groups is 1. The molecule has 6 heteroatoms. The Balaban J connectivity index is 3.65. The molecule has 0 aromatic carbocycles. The third-order valence-electron chi connectivity index (χ3n) is 5.01. The molecule has 0 saturated carbocycles. The van der Waals surface area contributed by atoms with Crippen molar-refractivity contribution in [3.05, 3.63) is 72.9 Å². The number of aliphatic hydroxyl groups is 1. The van der Waals surface area contributed by atoms with Crippen LogP contribution in [0.25, 0.3) is 0 Å². The second-order valence-corrected chi connectivity index (χ2v) is 11.7. The van der Waals surface area contributed by atoms with E-state index >= 15 is 0 Å². The van der Waals surface area contributed by atoms with Gasteiger partial charge in [-0.15, -0.1) is 0 Å². The van der Waals surface area contributed by atoms with Crippen LogP contribution in [0.4, 0.5) is 0 Å². The Kier molecular flexibility index (Phi) is 23.2. The van der Waals surface area contributed by atoms with Gasteiger partial charge in [-0.05, 0) is 58.8 Å². The summed E-state index contributed by atoms with van der Waals surface area (Å²) < 4.78 is -0.195. The maximum Gasteiger partial charge on any atom is 0.220 e. The third-order valence-corrected chi connectivity index (χ3v) is 8.37. The van der Waals surface area contributed by atoms with Crippen LogP contribution in [0.2, 0.25) is 0 Å². The fourth-order valence-electron chi connectivity index (χ4n) is 2.65. The molecule has 0 rings (SSSR count). The molecule has 0 aliphatic heterocycles. The molecule has 4 nitrogen and oxygen atoms in total. The van der Waals surface area contributed by atoms with Crippen molar-refractivity contribution in [2.45, 2.75) is 82.9 Å². The Hall–Kier alpha value is -1.47. The number of allylic oxidation sites excluding steroid dienone is 12. The van der Waals surface area contributed by atoms with Crippen molar-refractivity contribution in [1.29, 1.82) is 0 Å². The minimum atomic E-state index is -0.254. The van der Waals surface area contributed by atoms with E-state index in [0.29, 0.717) is 13.0 Å². The average Bonchev–Trinajstić information content (AvgIpc) is 2.84. The third kappa shape index (κ3) is 22.7. The molecule has 35 heavy (non-hydrogen) atoms. The molecule has 0 aliphatic carbocycles. The molecule has 0 saturated heterocycles. The monoisotopic (exact) mass is 520 g/mol. The number of nitrogens with two attached hydrogens (primary N) is 1. The molecule has 198 valence electrons. The lowest BCUT2D eigenvalue weighted by atomic mass is 10.1. The van der Waals surface area contributed by atoms with Crippen molar-refractivity contribution in [3.8, 4) is 0 Å². The first-order chi connectivity index (χ1) is 16.9. The predicted octanol–water partition coefficient (Wildman–Crippen LogP) is 7.06. The molecule has 0 aromatic heterocycles. The van der Waals surface area contributed by atoms with E-state index in [1.165, 1.54) is 0 Å². The van der Waals surface area contributed by atoms with Crippen LogP contribution in [0, 0.1) is 0 Å². The lowest BCUT2D eigenvalue weighted by molar-refractivity contribution is -0.120. The Morgan fingerprint density at radius 1 is 0.857 bits per heavy atom. The van der Waals surface area contributed by atoms with Crippen LogP contribution in [-0.2, 0) is 4.79 Å². The van der Waals surface area contributed by atoms with Crippen LogP contribution in [0.5, 0.6) is 0 Å². The average molecular weight is 521 g/mol. The standard InChI is InChI=1S/C29H48N2O2S2/c1-4-5-6-7-8-9-10-11-12-13-14-15-16-17-18-19-20-21-22-23-28(33)31-24-25-34-35-29(2,3)27(30)26-32/h5-6,8-9,11-12,14-15,17-18,20-21,27,32H,4,7,10,13,16,19,22-26,30H2,1-3H3,(H,31,33)/t27-/m1/s1. The van der Waals surface area contributed by atoms with Gasteiger partial charge in [0.1, 0.15) is 0 Å². The van der Waals surface area contributed by atoms with Crippen LogP contribution in [0.3, 0.4) is 0 Å². The number of rotatable bonds is 21. The van der Waals surface area contributed by atoms with Gasteiger partial charge >= 0.3 is 0 Å². The molecule has 0 spiro atoms. The van der Waals surface area contributed by atoms with Crippen molar-refractivity contribution in [3.63, 3.8) is 0 Å². The Morgan fingerprint density at radius 3 is 1.77 bits per heavy atom. The zero-order chi connectivity index (χ0) is 26.0. The summed E-state index contributed by atoms with van der Waals surface area (Å²) in [7, 11) is 3.33. The van der Waals surface area contributed by atoms with E-state index in [9.17, 15) is 9.90 Å². The maximum absolute atomic E-state index is 11.9. The minimum Gasteiger partial charge on any atom is -0.395 e. The van der Waals surface area contributed by atoms with E-state index in [0.717, 1.165) is 50.7 Å². The highest BCUT2D eigenvalue weighted by atomic mass is 33.1. The molecule has 0 radical (unpaired) electrons. The summed E-state index contributed by atoms with van der Waals surface area (Å²) in [5, 5.41) is 12.1. The van der Waals surface area contributed by atoms with Crippen LogP contribution in [-0.4, -0.2) is 40.7 Å². The van der Waals surface area contributed by atoms with Gasteiger partial charge in [0.25, 0.3) is 0 Å². The van der Waals surface area contributed by atoms with Gasteiger partial charge < -0.3 is 16.2 Å². The van der Waals surface area contributed by atoms with E-state index in [4.69, 9.17) is 5.73 Å². The van der Waals surface area contributed by atoms with Gasteiger partial charge in [0.05, 0.1) is 6.61 Å². The number of hydrogen-bond donors (Lipinski definition) is 3. The van der Waals surface area contributed by atoms with Crippen LogP contribution in [0.1, 0.15) is 72.1 Å². The smallest absolute Gasteiger partial charge is 0.220 e.